The third-order valence-electron chi connectivity index (χ3n) is 4.27. The Bertz CT molecular complexity index is 867. The van der Waals surface area contributed by atoms with Gasteiger partial charge in [-0.15, -0.1) is 10.2 Å². The molecule has 0 atom stereocenters. The lowest BCUT2D eigenvalue weighted by Gasteiger charge is -2.18. The summed E-state index contributed by atoms with van der Waals surface area (Å²) >= 11 is 0. The minimum atomic E-state index is -3.48. The van der Waals surface area contributed by atoms with E-state index in [1.165, 1.54) is 7.05 Å². The maximum atomic E-state index is 12.1. The summed E-state index contributed by atoms with van der Waals surface area (Å²) < 4.78 is 26.5. The van der Waals surface area contributed by atoms with Crippen LogP contribution in [-0.4, -0.2) is 37.2 Å². The first-order chi connectivity index (χ1) is 11.5. The minimum absolute atomic E-state index is 0.240. The molecule has 1 aliphatic heterocycles. The number of benzene rings is 1. The molecule has 3 rings (SSSR count). The molecule has 128 valence electrons. The summed E-state index contributed by atoms with van der Waals surface area (Å²) in [6.07, 6.45) is 2.42. The third kappa shape index (κ3) is 2.87. The van der Waals surface area contributed by atoms with E-state index in [1.807, 2.05) is 24.8 Å². The molecule has 0 unspecified atom stereocenters. The summed E-state index contributed by atoms with van der Waals surface area (Å²) in [6, 6.07) is 5.16. The fraction of sp³-hybridized carbons (Fsp3) is 0.438. The first kappa shape index (κ1) is 16.8. The van der Waals surface area contributed by atoms with E-state index in [0.29, 0.717) is 12.5 Å². The molecular formula is C16H21N5O2S. The molecule has 7 nitrogen and oxygen atoms in total. The van der Waals surface area contributed by atoms with Crippen molar-refractivity contribution in [2.75, 3.05) is 18.5 Å². The van der Waals surface area contributed by atoms with E-state index >= 15 is 0 Å². The number of hydrogen-bond donors (Lipinski definition) is 1. The molecule has 1 aromatic heterocycles. The average Bonchev–Trinajstić information content (AvgIpc) is 3.04. The molecule has 1 aromatic carbocycles. The molecule has 0 saturated carbocycles. The van der Waals surface area contributed by atoms with Gasteiger partial charge in [-0.2, -0.15) is 0 Å². The van der Waals surface area contributed by atoms with Crippen LogP contribution in [0.15, 0.2) is 23.1 Å². The fourth-order valence-electron chi connectivity index (χ4n) is 2.89. The lowest BCUT2D eigenvalue weighted by Crippen LogP contribution is -2.21. The van der Waals surface area contributed by atoms with Crippen molar-refractivity contribution in [2.45, 2.75) is 38.0 Å². The maximum absolute atomic E-state index is 12.1. The van der Waals surface area contributed by atoms with E-state index in [1.54, 1.807) is 12.1 Å². The fourth-order valence-corrected chi connectivity index (χ4v) is 3.64. The summed E-state index contributed by atoms with van der Waals surface area (Å²) in [7, 11) is -2.07. The van der Waals surface area contributed by atoms with E-state index in [9.17, 15) is 8.42 Å². The van der Waals surface area contributed by atoms with Gasteiger partial charge in [0.2, 0.25) is 16.0 Å². The average molecular weight is 347 g/mol. The molecule has 1 aliphatic rings. The molecule has 0 radical (unpaired) electrons. The van der Waals surface area contributed by atoms with Gasteiger partial charge in [0, 0.05) is 12.2 Å². The maximum Gasteiger partial charge on any atom is 0.250 e. The van der Waals surface area contributed by atoms with Gasteiger partial charge in [-0.1, -0.05) is 19.9 Å². The normalized spacial score (nSPS) is 14.0. The van der Waals surface area contributed by atoms with Gasteiger partial charge < -0.3 is 4.90 Å². The molecule has 0 aliphatic carbocycles. The van der Waals surface area contributed by atoms with Crippen LogP contribution < -0.4 is 9.62 Å². The van der Waals surface area contributed by atoms with Crippen molar-refractivity contribution in [3.8, 4) is 0 Å². The molecule has 2 aromatic rings. The zero-order chi connectivity index (χ0) is 17.3. The quantitative estimate of drug-likeness (QED) is 0.884. The molecule has 24 heavy (non-hydrogen) atoms. The summed E-state index contributed by atoms with van der Waals surface area (Å²) in [6.45, 7) is 4.79. The molecule has 0 spiro atoms. The molecule has 1 N–H and O–H groups in total. The van der Waals surface area contributed by atoms with Gasteiger partial charge in [0.25, 0.3) is 0 Å². The number of nitrogens with one attached hydrogen (secondary N) is 1. The third-order valence-corrected chi connectivity index (χ3v) is 5.68. The standard InChI is InChI=1S/C16H21N5O2S/c1-4-13-14(5-2)19-20-16(18-13)21-9-8-11-6-7-12(10-15(11)21)24(22,23)17-3/h6-7,10,17H,4-5,8-9H2,1-3H3. The Morgan fingerprint density at radius 1 is 1.17 bits per heavy atom. The smallest absolute Gasteiger partial charge is 0.250 e. The summed E-state index contributed by atoms with van der Waals surface area (Å²) in [5.74, 6) is 0.529. The van der Waals surface area contributed by atoms with E-state index in [-0.39, 0.29) is 4.90 Å². The lowest BCUT2D eigenvalue weighted by molar-refractivity contribution is 0.588. The largest absolute Gasteiger partial charge is 0.309 e. The Morgan fingerprint density at radius 2 is 1.92 bits per heavy atom. The Hall–Kier alpha value is -2.06. The van der Waals surface area contributed by atoms with Crippen LogP contribution in [-0.2, 0) is 29.3 Å². The van der Waals surface area contributed by atoms with Crippen molar-refractivity contribution in [1.82, 2.24) is 19.9 Å². The molecule has 0 saturated heterocycles. The summed E-state index contributed by atoms with van der Waals surface area (Å²) in [4.78, 5) is 6.82. The second-order valence-electron chi connectivity index (χ2n) is 5.61. The highest BCUT2D eigenvalue weighted by Crippen LogP contribution is 2.34. The van der Waals surface area contributed by atoms with E-state index in [2.05, 4.69) is 19.9 Å². The number of fused-ring (bicyclic) bond motifs is 1. The zero-order valence-electron chi connectivity index (χ0n) is 14.1. The van der Waals surface area contributed by atoms with Gasteiger partial charge in [-0.05, 0) is 44.0 Å². The number of aromatic nitrogens is 3. The molecule has 0 amide bonds. The van der Waals surface area contributed by atoms with E-state index < -0.39 is 10.0 Å². The van der Waals surface area contributed by atoms with Gasteiger partial charge in [0.15, 0.2) is 0 Å². The van der Waals surface area contributed by atoms with E-state index in [0.717, 1.165) is 41.9 Å². The van der Waals surface area contributed by atoms with Crippen LogP contribution >= 0.6 is 0 Å². The molecule has 0 fully saturated rings. The van der Waals surface area contributed by atoms with Crippen molar-refractivity contribution < 1.29 is 8.42 Å². The highest BCUT2D eigenvalue weighted by Gasteiger charge is 2.25. The second-order valence-corrected chi connectivity index (χ2v) is 7.50. The van der Waals surface area contributed by atoms with Gasteiger partial charge in [0.1, 0.15) is 0 Å². The molecule has 2 heterocycles. The van der Waals surface area contributed by atoms with Crippen molar-refractivity contribution >= 4 is 21.7 Å². The minimum Gasteiger partial charge on any atom is -0.309 e. The number of rotatable bonds is 5. The molecular weight excluding hydrogens is 326 g/mol. The SMILES string of the molecule is CCc1nnc(N2CCc3ccc(S(=O)(=O)NC)cc32)nc1CC. The second kappa shape index (κ2) is 6.45. The monoisotopic (exact) mass is 347 g/mol. The Balaban J connectivity index is 2.04. The Kier molecular flexibility index (Phi) is 4.51. The number of sulfonamides is 1. The summed E-state index contributed by atoms with van der Waals surface area (Å²) in [5.41, 5.74) is 3.77. The number of anilines is 2. The first-order valence-corrected chi connectivity index (χ1v) is 9.55. The lowest BCUT2D eigenvalue weighted by atomic mass is 10.2. The van der Waals surface area contributed by atoms with Crippen LogP contribution in [0, 0.1) is 0 Å². The number of nitrogens with zero attached hydrogens (tertiary/aromatic N) is 4. The first-order valence-electron chi connectivity index (χ1n) is 8.06. The van der Waals surface area contributed by atoms with Gasteiger partial charge in [-0.25, -0.2) is 18.1 Å². The van der Waals surface area contributed by atoms with Crippen LogP contribution in [0.5, 0.6) is 0 Å². The zero-order valence-corrected chi connectivity index (χ0v) is 14.9. The van der Waals surface area contributed by atoms with Gasteiger partial charge >= 0.3 is 0 Å². The molecule has 8 heteroatoms. The van der Waals surface area contributed by atoms with Crippen LogP contribution in [0.4, 0.5) is 11.6 Å². The molecule has 0 bridgehead atoms. The Labute approximate surface area is 142 Å². The van der Waals surface area contributed by atoms with Crippen molar-refractivity contribution in [1.29, 1.82) is 0 Å². The number of aryl methyl sites for hydroxylation is 2. The topological polar surface area (TPSA) is 88.1 Å². The summed E-state index contributed by atoms with van der Waals surface area (Å²) in [5, 5.41) is 8.54. The van der Waals surface area contributed by atoms with Crippen LogP contribution in [0.3, 0.4) is 0 Å². The van der Waals surface area contributed by atoms with Gasteiger partial charge in [0.05, 0.1) is 16.3 Å². The van der Waals surface area contributed by atoms with Crippen LogP contribution in [0.2, 0.25) is 0 Å². The predicted octanol–water partition coefficient (Wildman–Crippen LogP) is 1.60. The van der Waals surface area contributed by atoms with E-state index in [4.69, 9.17) is 0 Å². The van der Waals surface area contributed by atoms with Crippen LogP contribution in [0.1, 0.15) is 30.8 Å². The predicted molar refractivity (Wildman–Crippen MR) is 92.0 cm³/mol. The van der Waals surface area contributed by atoms with Crippen LogP contribution in [0.25, 0.3) is 0 Å². The number of hydrogen-bond acceptors (Lipinski definition) is 6. The van der Waals surface area contributed by atoms with Crippen molar-refractivity contribution in [2.24, 2.45) is 0 Å². The van der Waals surface area contributed by atoms with Gasteiger partial charge in [-0.3, -0.25) is 0 Å². The highest BCUT2D eigenvalue weighted by molar-refractivity contribution is 7.89. The van der Waals surface area contributed by atoms with Crippen molar-refractivity contribution in [3.05, 3.63) is 35.2 Å². The Morgan fingerprint density at radius 3 is 2.58 bits per heavy atom. The van der Waals surface area contributed by atoms with Crippen molar-refractivity contribution in [3.63, 3.8) is 0 Å². The highest BCUT2D eigenvalue weighted by atomic mass is 32.2.